The second kappa shape index (κ2) is 8.82. The molecule has 0 aliphatic rings. The van der Waals surface area contributed by atoms with Gasteiger partial charge < -0.3 is 10.6 Å². The molecule has 0 bridgehead atoms. The summed E-state index contributed by atoms with van der Waals surface area (Å²) in [4.78, 5) is 22.2. The molecule has 0 atom stereocenters. The number of carbonyl (C=O) groups is 2. The molecule has 0 saturated heterocycles. The van der Waals surface area contributed by atoms with Crippen molar-refractivity contribution < 1.29 is 14.0 Å². The number of benzene rings is 2. The number of hydrogen-bond acceptors (Lipinski definition) is 2. The Labute approximate surface area is 141 Å². The van der Waals surface area contributed by atoms with Crippen molar-refractivity contribution in [2.75, 3.05) is 6.54 Å². The first-order chi connectivity index (χ1) is 11.5. The Morgan fingerprint density at radius 2 is 1.58 bits per heavy atom. The van der Waals surface area contributed by atoms with Crippen molar-refractivity contribution >= 4 is 11.8 Å². The molecule has 0 radical (unpaired) electrons. The molecule has 5 heteroatoms. The fraction of sp³-hybridized carbons (Fsp3) is 0.263. The first-order valence-electron chi connectivity index (χ1n) is 7.86. The second-order valence-electron chi connectivity index (χ2n) is 5.63. The highest BCUT2D eigenvalue weighted by molar-refractivity contribution is 5.83. The molecule has 2 amide bonds. The molecule has 2 aromatic rings. The van der Waals surface area contributed by atoms with Crippen LogP contribution >= 0.6 is 0 Å². The van der Waals surface area contributed by atoms with E-state index in [0.29, 0.717) is 6.54 Å². The van der Waals surface area contributed by atoms with E-state index in [1.165, 1.54) is 13.0 Å². The molecule has 2 N–H and O–H groups in total. The highest BCUT2D eigenvalue weighted by atomic mass is 19.1. The predicted octanol–water partition coefficient (Wildman–Crippen LogP) is 2.36. The van der Waals surface area contributed by atoms with E-state index in [4.69, 9.17) is 0 Å². The van der Waals surface area contributed by atoms with Gasteiger partial charge in [0.2, 0.25) is 11.8 Å². The number of nitrogens with one attached hydrogen (secondary N) is 2. The second-order valence-corrected chi connectivity index (χ2v) is 5.63. The Kier molecular flexibility index (Phi) is 6.49. The lowest BCUT2D eigenvalue weighted by Crippen LogP contribution is -2.35. The monoisotopic (exact) mass is 328 g/mol. The molecule has 4 nitrogen and oxygen atoms in total. The maximum Gasteiger partial charge on any atom is 0.239 e. The van der Waals surface area contributed by atoms with Crippen LogP contribution in [0, 0.1) is 5.82 Å². The van der Waals surface area contributed by atoms with Gasteiger partial charge in [-0.25, -0.2) is 4.39 Å². The number of rotatable bonds is 7. The summed E-state index contributed by atoms with van der Waals surface area (Å²) in [5, 5.41) is 5.19. The molecule has 0 spiro atoms. The van der Waals surface area contributed by atoms with E-state index in [1.807, 2.05) is 30.3 Å². The molecule has 0 fully saturated rings. The van der Waals surface area contributed by atoms with E-state index in [9.17, 15) is 14.0 Å². The van der Waals surface area contributed by atoms with Crippen LogP contribution in [0.15, 0.2) is 48.5 Å². The number of hydrogen-bond donors (Lipinski definition) is 2. The largest absolute Gasteiger partial charge is 0.350 e. The Hall–Kier alpha value is -2.69. The number of aryl methyl sites for hydroxylation is 2. The van der Waals surface area contributed by atoms with Crippen LogP contribution in [-0.4, -0.2) is 18.4 Å². The lowest BCUT2D eigenvalue weighted by atomic mass is 10.0. The van der Waals surface area contributed by atoms with Gasteiger partial charge in [0.25, 0.3) is 0 Å². The van der Waals surface area contributed by atoms with Gasteiger partial charge in [0.15, 0.2) is 0 Å². The minimum absolute atomic E-state index is 0.0128. The average Bonchev–Trinajstić information content (AvgIpc) is 2.57. The van der Waals surface area contributed by atoms with Gasteiger partial charge in [-0.1, -0.05) is 36.4 Å². The Bertz CT molecular complexity index is 699. The SMILES string of the molecule is CC(=O)NCC(=O)NCc1ccc(CCc2cccc(F)c2)cc1. The summed E-state index contributed by atoms with van der Waals surface area (Å²) < 4.78 is 13.1. The van der Waals surface area contributed by atoms with Crippen molar-refractivity contribution in [2.45, 2.75) is 26.3 Å². The molecule has 0 saturated carbocycles. The third-order valence-corrected chi connectivity index (χ3v) is 3.60. The van der Waals surface area contributed by atoms with E-state index in [-0.39, 0.29) is 24.2 Å². The third-order valence-electron chi connectivity index (χ3n) is 3.60. The van der Waals surface area contributed by atoms with Crippen LogP contribution in [0.2, 0.25) is 0 Å². The van der Waals surface area contributed by atoms with Gasteiger partial charge in [-0.05, 0) is 41.7 Å². The molecular weight excluding hydrogens is 307 g/mol. The summed E-state index contributed by atoms with van der Waals surface area (Å²) in [5.41, 5.74) is 3.12. The minimum atomic E-state index is -0.229. The number of amides is 2. The molecule has 0 heterocycles. The predicted molar refractivity (Wildman–Crippen MR) is 90.8 cm³/mol. The summed E-state index contributed by atoms with van der Waals surface area (Å²) in [7, 11) is 0. The quantitative estimate of drug-likeness (QED) is 0.820. The van der Waals surface area contributed by atoms with Crippen LogP contribution in [0.3, 0.4) is 0 Å². The van der Waals surface area contributed by atoms with Crippen molar-refractivity contribution in [1.29, 1.82) is 0 Å². The zero-order valence-corrected chi connectivity index (χ0v) is 13.6. The van der Waals surface area contributed by atoms with Gasteiger partial charge >= 0.3 is 0 Å². The maximum atomic E-state index is 13.1. The molecular formula is C19H21FN2O2. The van der Waals surface area contributed by atoms with Crippen molar-refractivity contribution in [3.05, 3.63) is 71.0 Å². The first kappa shape index (κ1) is 17.7. The van der Waals surface area contributed by atoms with Crippen LogP contribution in [-0.2, 0) is 29.0 Å². The van der Waals surface area contributed by atoms with Gasteiger partial charge in [0, 0.05) is 13.5 Å². The Balaban J connectivity index is 1.78. The topological polar surface area (TPSA) is 58.2 Å². The molecule has 126 valence electrons. The summed E-state index contributed by atoms with van der Waals surface area (Å²) in [6.45, 7) is 1.78. The Morgan fingerprint density at radius 1 is 0.917 bits per heavy atom. The molecule has 24 heavy (non-hydrogen) atoms. The molecule has 0 aromatic heterocycles. The number of halogens is 1. The zero-order chi connectivity index (χ0) is 17.4. The molecule has 2 aromatic carbocycles. The van der Waals surface area contributed by atoms with Gasteiger partial charge in [0.1, 0.15) is 5.82 Å². The minimum Gasteiger partial charge on any atom is -0.350 e. The van der Waals surface area contributed by atoms with E-state index < -0.39 is 0 Å². The van der Waals surface area contributed by atoms with E-state index in [2.05, 4.69) is 10.6 Å². The normalized spacial score (nSPS) is 10.2. The number of carbonyl (C=O) groups excluding carboxylic acids is 2. The van der Waals surface area contributed by atoms with Crippen LogP contribution in [0.4, 0.5) is 4.39 Å². The van der Waals surface area contributed by atoms with Crippen LogP contribution < -0.4 is 10.6 Å². The highest BCUT2D eigenvalue weighted by Crippen LogP contribution is 2.10. The summed E-state index contributed by atoms with van der Waals surface area (Å²) >= 11 is 0. The molecule has 0 aliphatic carbocycles. The summed E-state index contributed by atoms with van der Waals surface area (Å²) in [6, 6.07) is 14.6. The third kappa shape index (κ3) is 6.20. The van der Waals surface area contributed by atoms with E-state index in [1.54, 1.807) is 12.1 Å². The maximum absolute atomic E-state index is 13.1. The first-order valence-corrected chi connectivity index (χ1v) is 7.86. The van der Waals surface area contributed by atoms with Crippen LogP contribution in [0.5, 0.6) is 0 Å². The Morgan fingerprint density at radius 3 is 2.25 bits per heavy atom. The summed E-state index contributed by atoms with van der Waals surface area (Å²) in [6.07, 6.45) is 1.61. The fourth-order valence-electron chi connectivity index (χ4n) is 2.27. The van der Waals surface area contributed by atoms with Crippen LogP contribution in [0.1, 0.15) is 23.6 Å². The smallest absolute Gasteiger partial charge is 0.239 e. The van der Waals surface area contributed by atoms with Crippen LogP contribution in [0.25, 0.3) is 0 Å². The standard InChI is InChI=1S/C19H21FN2O2/c1-14(23)21-13-19(24)22-12-17-9-6-15(7-10-17)5-8-16-3-2-4-18(20)11-16/h2-4,6-7,9-11H,5,8,12-13H2,1H3,(H,21,23)(H,22,24). The fourth-order valence-corrected chi connectivity index (χ4v) is 2.27. The van der Waals surface area contributed by atoms with Crippen molar-refractivity contribution in [1.82, 2.24) is 10.6 Å². The van der Waals surface area contributed by atoms with E-state index in [0.717, 1.165) is 29.5 Å². The molecule has 0 unspecified atom stereocenters. The lowest BCUT2D eigenvalue weighted by molar-refractivity contribution is -0.125. The van der Waals surface area contributed by atoms with Gasteiger partial charge in [0.05, 0.1) is 6.54 Å². The van der Waals surface area contributed by atoms with Gasteiger partial charge in [-0.2, -0.15) is 0 Å². The van der Waals surface area contributed by atoms with Gasteiger partial charge in [-0.3, -0.25) is 9.59 Å². The average molecular weight is 328 g/mol. The van der Waals surface area contributed by atoms with Crippen molar-refractivity contribution in [3.63, 3.8) is 0 Å². The van der Waals surface area contributed by atoms with Gasteiger partial charge in [-0.15, -0.1) is 0 Å². The van der Waals surface area contributed by atoms with Crippen molar-refractivity contribution in [3.8, 4) is 0 Å². The molecule has 0 aliphatic heterocycles. The highest BCUT2D eigenvalue weighted by Gasteiger charge is 2.02. The summed E-state index contributed by atoms with van der Waals surface area (Å²) in [5.74, 6) is -0.661. The molecule has 2 rings (SSSR count). The zero-order valence-electron chi connectivity index (χ0n) is 13.6. The van der Waals surface area contributed by atoms with Crippen molar-refractivity contribution in [2.24, 2.45) is 0 Å². The lowest BCUT2D eigenvalue weighted by Gasteiger charge is -2.07. The van der Waals surface area contributed by atoms with E-state index >= 15 is 0 Å².